The summed E-state index contributed by atoms with van der Waals surface area (Å²) in [7, 11) is 0. The Bertz CT molecular complexity index is 501. The van der Waals surface area contributed by atoms with Gasteiger partial charge in [0.05, 0.1) is 41.8 Å². The van der Waals surface area contributed by atoms with Crippen molar-refractivity contribution in [3.05, 3.63) is 23.8 Å². The molecule has 0 aliphatic carbocycles. The Hall–Kier alpha value is -0.690. The third-order valence-corrected chi connectivity index (χ3v) is 4.00. The number of nitrogens with one attached hydrogen (secondary N) is 1. The van der Waals surface area contributed by atoms with Gasteiger partial charge in [0.15, 0.2) is 0 Å². The highest BCUT2D eigenvalue weighted by Crippen LogP contribution is 2.31. The smallest absolute Gasteiger partial charge is 0.229 e. The van der Waals surface area contributed by atoms with Crippen LogP contribution in [0, 0.1) is 0 Å². The second kappa shape index (κ2) is 7.73. The van der Waals surface area contributed by atoms with Gasteiger partial charge in [-0.1, -0.05) is 6.07 Å². The highest BCUT2D eigenvalue weighted by Gasteiger charge is 2.44. The van der Waals surface area contributed by atoms with Gasteiger partial charge in [-0.05, 0) is 17.7 Å². The van der Waals surface area contributed by atoms with Crippen LogP contribution in [0.1, 0.15) is 5.56 Å². The maximum absolute atomic E-state index is 9.94. The fraction of sp³-hybridized carbons (Fsp3) is 0.538. The SMILES string of the molecule is OCc1ccc(OC2OC(CO)C(O)C(O)C2O)c(NI)c1. The molecule has 0 amide bonds. The van der Waals surface area contributed by atoms with Crippen molar-refractivity contribution in [1.29, 1.82) is 0 Å². The van der Waals surface area contributed by atoms with Gasteiger partial charge >= 0.3 is 0 Å². The van der Waals surface area contributed by atoms with E-state index >= 15 is 0 Å². The first-order chi connectivity index (χ1) is 10.5. The monoisotopic (exact) mass is 427 g/mol. The molecule has 1 saturated heterocycles. The number of aliphatic hydroxyl groups excluding tert-OH is 5. The normalized spacial score (nSPS) is 31.8. The van der Waals surface area contributed by atoms with E-state index in [9.17, 15) is 15.3 Å². The van der Waals surface area contributed by atoms with Gasteiger partial charge in [-0.15, -0.1) is 0 Å². The lowest BCUT2D eigenvalue weighted by molar-refractivity contribution is -0.277. The van der Waals surface area contributed by atoms with Gasteiger partial charge in [-0.25, -0.2) is 0 Å². The second-order valence-electron chi connectivity index (χ2n) is 4.90. The lowest BCUT2D eigenvalue weighted by Gasteiger charge is -2.39. The van der Waals surface area contributed by atoms with E-state index in [1.54, 1.807) is 18.2 Å². The summed E-state index contributed by atoms with van der Waals surface area (Å²) in [6.07, 6.45) is -6.69. The zero-order valence-electron chi connectivity index (χ0n) is 11.5. The second-order valence-corrected chi connectivity index (χ2v) is 5.44. The zero-order chi connectivity index (χ0) is 16.3. The van der Waals surface area contributed by atoms with E-state index in [4.69, 9.17) is 19.7 Å². The molecule has 0 radical (unpaired) electrons. The van der Waals surface area contributed by atoms with Crippen LogP contribution in [0.15, 0.2) is 18.2 Å². The summed E-state index contributed by atoms with van der Waals surface area (Å²) in [5.74, 6) is 0.330. The lowest BCUT2D eigenvalue weighted by Crippen LogP contribution is -2.60. The van der Waals surface area contributed by atoms with Crippen molar-refractivity contribution >= 4 is 28.6 Å². The number of aliphatic hydroxyl groups is 5. The van der Waals surface area contributed by atoms with Crippen LogP contribution in [0.25, 0.3) is 0 Å². The summed E-state index contributed by atoms with van der Waals surface area (Å²) >= 11 is 1.89. The first kappa shape index (κ1) is 17.7. The molecule has 1 heterocycles. The minimum Gasteiger partial charge on any atom is -0.460 e. The molecular weight excluding hydrogens is 409 g/mol. The molecule has 5 atom stereocenters. The van der Waals surface area contributed by atoms with E-state index < -0.39 is 37.3 Å². The largest absolute Gasteiger partial charge is 0.460 e. The fourth-order valence-corrected chi connectivity index (χ4v) is 2.56. The Kier molecular flexibility index (Phi) is 6.20. The molecule has 8 nitrogen and oxygen atoms in total. The van der Waals surface area contributed by atoms with Gasteiger partial charge < -0.3 is 38.5 Å². The number of rotatable bonds is 5. The van der Waals surface area contributed by atoms with Crippen LogP contribution in [0.3, 0.4) is 0 Å². The van der Waals surface area contributed by atoms with Gasteiger partial charge in [0.1, 0.15) is 30.2 Å². The predicted molar refractivity (Wildman–Crippen MR) is 84.4 cm³/mol. The quantitative estimate of drug-likeness (QED) is 0.264. The molecule has 1 fully saturated rings. The third kappa shape index (κ3) is 3.62. The Morgan fingerprint density at radius 2 is 1.86 bits per heavy atom. The van der Waals surface area contributed by atoms with Gasteiger partial charge in [0.2, 0.25) is 6.29 Å². The Morgan fingerprint density at radius 1 is 1.14 bits per heavy atom. The number of ether oxygens (including phenoxy) is 2. The van der Waals surface area contributed by atoms with Crippen molar-refractivity contribution in [2.24, 2.45) is 0 Å². The molecule has 5 unspecified atom stereocenters. The maximum atomic E-state index is 9.94. The van der Waals surface area contributed by atoms with Crippen molar-refractivity contribution in [3.63, 3.8) is 0 Å². The van der Waals surface area contributed by atoms with E-state index in [1.165, 1.54) is 0 Å². The summed E-state index contributed by atoms with van der Waals surface area (Å²) in [4.78, 5) is 0. The maximum Gasteiger partial charge on any atom is 0.229 e. The van der Waals surface area contributed by atoms with Crippen LogP contribution >= 0.6 is 22.9 Å². The Balaban J connectivity index is 2.18. The van der Waals surface area contributed by atoms with Crippen LogP contribution in [0.5, 0.6) is 5.75 Å². The molecule has 0 aromatic heterocycles. The molecule has 1 aliphatic rings. The summed E-state index contributed by atoms with van der Waals surface area (Å²) in [6, 6.07) is 4.87. The van der Waals surface area contributed by atoms with Crippen molar-refractivity contribution in [2.75, 3.05) is 10.1 Å². The molecule has 2 rings (SSSR count). The first-order valence-corrected chi connectivity index (χ1v) is 7.67. The van der Waals surface area contributed by atoms with Crippen LogP contribution in [0.2, 0.25) is 0 Å². The van der Waals surface area contributed by atoms with E-state index in [2.05, 4.69) is 3.53 Å². The highest BCUT2D eigenvalue weighted by atomic mass is 127. The summed E-state index contributed by atoms with van der Waals surface area (Å²) in [5.41, 5.74) is 1.21. The molecule has 1 aromatic rings. The molecule has 1 aromatic carbocycles. The van der Waals surface area contributed by atoms with Crippen molar-refractivity contribution < 1.29 is 35.0 Å². The lowest BCUT2D eigenvalue weighted by atomic mass is 9.99. The van der Waals surface area contributed by atoms with Gasteiger partial charge in [0.25, 0.3) is 0 Å². The first-order valence-electron chi connectivity index (χ1n) is 6.59. The zero-order valence-corrected chi connectivity index (χ0v) is 13.6. The molecule has 22 heavy (non-hydrogen) atoms. The summed E-state index contributed by atoms with van der Waals surface area (Å²) in [6.45, 7) is -0.655. The summed E-state index contributed by atoms with van der Waals surface area (Å²) in [5, 5.41) is 47.7. The van der Waals surface area contributed by atoms with Crippen LogP contribution in [-0.2, 0) is 11.3 Å². The average molecular weight is 427 g/mol. The summed E-state index contributed by atoms with van der Waals surface area (Å²) < 4.78 is 13.7. The van der Waals surface area contributed by atoms with E-state index in [0.717, 1.165) is 0 Å². The molecule has 124 valence electrons. The number of hydrogen-bond donors (Lipinski definition) is 6. The van der Waals surface area contributed by atoms with E-state index in [1.807, 2.05) is 22.9 Å². The van der Waals surface area contributed by atoms with Gasteiger partial charge in [-0.3, -0.25) is 0 Å². The molecule has 0 spiro atoms. The third-order valence-electron chi connectivity index (χ3n) is 3.42. The Labute approximate surface area is 140 Å². The molecule has 1 aliphatic heterocycles. The molecule has 0 bridgehead atoms. The average Bonchev–Trinajstić information content (AvgIpc) is 2.55. The fourth-order valence-electron chi connectivity index (χ4n) is 2.14. The van der Waals surface area contributed by atoms with Crippen molar-refractivity contribution in [1.82, 2.24) is 0 Å². The van der Waals surface area contributed by atoms with Crippen LogP contribution < -0.4 is 8.27 Å². The van der Waals surface area contributed by atoms with E-state index in [0.29, 0.717) is 17.0 Å². The van der Waals surface area contributed by atoms with E-state index in [-0.39, 0.29) is 6.61 Å². The van der Waals surface area contributed by atoms with Crippen LogP contribution in [0.4, 0.5) is 5.69 Å². The predicted octanol–water partition coefficient (Wildman–Crippen LogP) is -0.881. The van der Waals surface area contributed by atoms with Crippen molar-refractivity contribution in [2.45, 2.75) is 37.3 Å². The number of benzene rings is 1. The number of anilines is 1. The highest BCUT2D eigenvalue weighted by molar-refractivity contribution is 14.1. The molecule has 6 N–H and O–H groups in total. The van der Waals surface area contributed by atoms with Gasteiger partial charge in [0, 0.05) is 0 Å². The topological polar surface area (TPSA) is 132 Å². The molecular formula is C13H18INO7. The van der Waals surface area contributed by atoms with Crippen LogP contribution in [-0.4, -0.2) is 62.8 Å². The number of hydrogen-bond acceptors (Lipinski definition) is 8. The molecule has 9 heteroatoms. The molecule has 0 saturated carbocycles. The number of halogens is 1. The minimum absolute atomic E-state index is 0.133. The standard InChI is InChI=1S/C13H18INO7/c14-15-7-3-6(4-16)1-2-8(7)21-13-12(20)11(19)10(18)9(5-17)22-13/h1-3,9-13,15-20H,4-5H2. The van der Waals surface area contributed by atoms with Gasteiger partial charge in [-0.2, -0.15) is 0 Å². The Morgan fingerprint density at radius 3 is 2.45 bits per heavy atom. The van der Waals surface area contributed by atoms with Crippen molar-refractivity contribution in [3.8, 4) is 5.75 Å². The minimum atomic E-state index is -1.50.